The number of ether oxygens (including phenoxy) is 1. The highest BCUT2D eigenvalue weighted by Gasteiger charge is 2.47. The summed E-state index contributed by atoms with van der Waals surface area (Å²) in [4.78, 5) is 6.76. The predicted molar refractivity (Wildman–Crippen MR) is 95.7 cm³/mol. The Morgan fingerprint density at radius 1 is 1.29 bits per heavy atom. The average Bonchev–Trinajstić information content (AvgIpc) is 3.31. The monoisotopic (exact) mass is 346 g/mol. The first-order valence-electron chi connectivity index (χ1n) is 8.48. The van der Waals surface area contributed by atoms with Crippen molar-refractivity contribution in [3.05, 3.63) is 34.5 Å². The molecule has 4 nitrogen and oxygen atoms in total. The number of aryl methyl sites for hydroxylation is 1. The Balaban J connectivity index is 1.93. The van der Waals surface area contributed by atoms with E-state index < -0.39 is 11.7 Å². The molecule has 4 rings (SSSR count). The molecule has 0 spiro atoms. The quantitative estimate of drug-likeness (QED) is 0.839. The van der Waals surface area contributed by atoms with Crippen LogP contribution in [0.1, 0.15) is 43.9 Å². The summed E-state index contributed by atoms with van der Waals surface area (Å²) in [5.41, 5.74) is 2.29. The van der Waals surface area contributed by atoms with E-state index >= 15 is 0 Å². The molecule has 128 valence electrons. The number of hydrogen-bond acceptors (Lipinski definition) is 4. The van der Waals surface area contributed by atoms with Gasteiger partial charge in [-0.3, -0.25) is 4.90 Å². The van der Waals surface area contributed by atoms with E-state index in [-0.39, 0.29) is 6.04 Å². The lowest BCUT2D eigenvalue weighted by atomic mass is 9.85. The van der Waals surface area contributed by atoms with E-state index in [4.69, 9.17) is 16.3 Å². The van der Waals surface area contributed by atoms with Crippen molar-refractivity contribution in [1.82, 2.24) is 9.88 Å². The SMILES string of the molecule is Cc1cc(Cl)nc2cc3c(cc12)OC(C)(C)C(O)C3N(C)C1CC1. The van der Waals surface area contributed by atoms with Crippen molar-refractivity contribution in [2.75, 3.05) is 7.05 Å². The van der Waals surface area contributed by atoms with Gasteiger partial charge in [0.1, 0.15) is 22.6 Å². The van der Waals surface area contributed by atoms with Crippen molar-refractivity contribution >= 4 is 22.5 Å². The molecule has 0 amide bonds. The first kappa shape index (κ1) is 16.1. The Labute approximate surface area is 147 Å². The van der Waals surface area contributed by atoms with Crippen molar-refractivity contribution in [3.8, 4) is 5.75 Å². The number of aliphatic hydroxyl groups excluding tert-OH is 1. The standard InChI is InChI=1S/C19H23ClN2O2/c1-10-7-16(20)21-14-8-13-15(9-12(10)14)24-19(2,3)18(23)17(13)22(4)11-5-6-11/h7-9,11,17-18,23H,5-6H2,1-4H3. The van der Waals surface area contributed by atoms with Crippen LogP contribution in [0.5, 0.6) is 5.75 Å². The van der Waals surface area contributed by atoms with Crippen molar-refractivity contribution in [2.45, 2.75) is 57.4 Å². The van der Waals surface area contributed by atoms with Gasteiger partial charge in [-0.05, 0) is 64.4 Å². The van der Waals surface area contributed by atoms with Gasteiger partial charge in [0.05, 0.1) is 11.6 Å². The fraction of sp³-hybridized carbons (Fsp3) is 0.526. The number of hydrogen-bond donors (Lipinski definition) is 1. The second-order valence-corrected chi connectivity index (χ2v) is 8.05. The molecule has 2 aromatic rings. The third kappa shape index (κ3) is 2.48. The van der Waals surface area contributed by atoms with Gasteiger partial charge >= 0.3 is 0 Å². The minimum atomic E-state index is -0.637. The fourth-order valence-electron chi connectivity index (χ4n) is 3.76. The number of likely N-dealkylation sites (N-methyl/N-ethyl adjacent to an activating group) is 1. The summed E-state index contributed by atoms with van der Waals surface area (Å²) in [7, 11) is 2.09. The van der Waals surface area contributed by atoms with Crippen molar-refractivity contribution in [3.63, 3.8) is 0 Å². The van der Waals surface area contributed by atoms with Gasteiger partial charge in [0.25, 0.3) is 0 Å². The molecule has 1 aromatic heterocycles. The molecule has 2 heterocycles. The number of aromatic nitrogens is 1. The summed E-state index contributed by atoms with van der Waals surface area (Å²) >= 11 is 6.14. The van der Waals surface area contributed by atoms with Gasteiger partial charge in [-0.25, -0.2) is 4.98 Å². The van der Waals surface area contributed by atoms with Crippen LogP contribution in [0.4, 0.5) is 0 Å². The Hall–Kier alpha value is -1.36. The molecular formula is C19H23ClN2O2. The highest BCUT2D eigenvalue weighted by atomic mass is 35.5. The number of nitrogens with zero attached hydrogens (tertiary/aromatic N) is 2. The number of fused-ring (bicyclic) bond motifs is 2. The summed E-state index contributed by atoms with van der Waals surface area (Å²) in [5, 5.41) is 12.5. The van der Waals surface area contributed by atoms with Crippen LogP contribution in [0.2, 0.25) is 5.15 Å². The van der Waals surface area contributed by atoms with E-state index in [1.54, 1.807) is 0 Å². The van der Waals surface area contributed by atoms with Crippen LogP contribution in [0.25, 0.3) is 10.9 Å². The summed E-state index contributed by atoms with van der Waals surface area (Å²) in [6.45, 7) is 5.93. The molecule has 1 saturated carbocycles. The smallest absolute Gasteiger partial charge is 0.131 e. The molecule has 2 unspecified atom stereocenters. The summed E-state index contributed by atoms with van der Waals surface area (Å²) in [6.07, 6.45) is 1.77. The van der Waals surface area contributed by atoms with E-state index in [9.17, 15) is 5.11 Å². The zero-order chi connectivity index (χ0) is 17.2. The van der Waals surface area contributed by atoms with Crippen molar-refractivity contribution in [1.29, 1.82) is 0 Å². The molecule has 1 N–H and O–H groups in total. The van der Waals surface area contributed by atoms with Gasteiger partial charge in [0, 0.05) is 17.0 Å². The average molecular weight is 347 g/mol. The maximum Gasteiger partial charge on any atom is 0.131 e. The first-order chi connectivity index (χ1) is 11.3. The number of aliphatic hydroxyl groups is 1. The second-order valence-electron chi connectivity index (χ2n) is 7.66. The van der Waals surface area contributed by atoms with Gasteiger partial charge in [-0.15, -0.1) is 0 Å². The molecule has 5 heteroatoms. The van der Waals surface area contributed by atoms with Crippen molar-refractivity contribution in [2.24, 2.45) is 0 Å². The Bertz CT molecular complexity index is 817. The van der Waals surface area contributed by atoms with Crippen LogP contribution in [-0.4, -0.2) is 39.8 Å². The minimum absolute atomic E-state index is 0.0956. The fourth-order valence-corrected chi connectivity index (χ4v) is 4.02. The molecule has 1 aliphatic carbocycles. The van der Waals surface area contributed by atoms with Crippen molar-refractivity contribution < 1.29 is 9.84 Å². The van der Waals surface area contributed by atoms with Gasteiger partial charge < -0.3 is 9.84 Å². The van der Waals surface area contributed by atoms with Crippen LogP contribution >= 0.6 is 11.6 Å². The Morgan fingerprint density at radius 2 is 2.00 bits per heavy atom. The molecule has 24 heavy (non-hydrogen) atoms. The summed E-state index contributed by atoms with van der Waals surface area (Å²) < 4.78 is 6.17. The molecule has 1 aromatic carbocycles. The molecule has 0 radical (unpaired) electrons. The number of halogens is 1. The number of benzene rings is 1. The maximum absolute atomic E-state index is 11.0. The van der Waals surface area contributed by atoms with E-state index in [2.05, 4.69) is 16.9 Å². The molecule has 0 saturated heterocycles. The van der Waals surface area contributed by atoms with Crippen LogP contribution in [-0.2, 0) is 0 Å². The van der Waals surface area contributed by atoms with E-state index in [1.165, 1.54) is 12.8 Å². The van der Waals surface area contributed by atoms with E-state index in [0.717, 1.165) is 27.8 Å². The third-order valence-corrected chi connectivity index (χ3v) is 5.57. The highest BCUT2D eigenvalue weighted by molar-refractivity contribution is 6.29. The summed E-state index contributed by atoms with van der Waals surface area (Å²) in [6, 6.07) is 6.39. The zero-order valence-corrected chi connectivity index (χ0v) is 15.3. The second kappa shape index (κ2) is 5.32. The molecular weight excluding hydrogens is 324 g/mol. The molecule has 1 fully saturated rings. The Morgan fingerprint density at radius 3 is 2.67 bits per heavy atom. The normalized spacial score (nSPS) is 25.6. The van der Waals surface area contributed by atoms with Crippen LogP contribution in [0, 0.1) is 6.92 Å². The lowest BCUT2D eigenvalue weighted by Gasteiger charge is -2.45. The summed E-state index contributed by atoms with van der Waals surface area (Å²) in [5.74, 6) is 0.836. The van der Waals surface area contributed by atoms with Crippen LogP contribution in [0.3, 0.4) is 0 Å². The lowest BCUT2D eigenvalue weighted by Crippen LogP contribution is -2.53. The molecule has 1 aliphatic heterocycles. The third-order valence-electron chi connectivity index (χ3n) is 5.38. The first-order valence-corrected chi connectivity index (χ1v) is 8.85. The molecule has 2 aliphatic rings. The van der Waals surface area contributed by atoms with Gasteiger partial charge in [-0.1, -0.05) is 11.6 Å². The maximum atomic E-state index is 11.0. The Kier molecular flexibility index (Phi) is 3.57. The van der Waals surface area contributed by atoms with Gasteiger partial charge in [0.15, 0.2) is 0 Å². The lowest BCUT2D eigenvalue weighted by molar-refractivity contribution is -0.0903. The largest absolute Gasteiger partial charge is 0.485 e. The number of rotatable bonds is 2. The van der Waals surface area contributed by atoms with Crippen LogP contribution in [0.15, 0.2) is 18.2 Å². The van der Waals surface area contributed by atoms with Crippen LogP contribution < -0.4 is 4.74 Å². The van der Waals surface area contributed by atoms with Gasteiger partial charge in [-0.2, -0.15) is 0 Å². The van der Waals surface area contributed by atoms with E-state index in [0.29, 0.717) is 11.2 Å². The van der Waals surface area contributed by atoms with Gasteiger partial charge in [0.2, 0.25) is 0 Å². The predicted octanol–water partition coefficient (Wildman–Crippen LogP) is 3.86. The molecule has 0 bridgehead atoms. The zero-order valence-electron chi connectivity index (χ0n) is 14.5. The minimum Gasteiger partial charge on any atom is -0.485 e. The van der Waals surface area contributed by atoms with E-state index in [1.807, 2.05) is 39.0 Å². The highest BCUT2D eigenvalue weighted by Crippen LogP contribution is 2.47. The molecule has 2 atom stereocenters. The number of pyridine rings is 1. The topological polar surface area (TPSA) is 45.6 Å².